The second-order valence-electron chi connectivity index (χ2n) is 4.86. The van der Waals surface area contributed by atoms with Gasteiger partial charge in [0.2, 0.25) is 0 Å². The van der Waals surface area contributed by atoms with E-state index >= 15 is 0 Å². The molecule has 1 saturated carbocycles. The molecule has 1 heterocycles. The molecule has 0 N–H and O–H groups in total. The molecular formula is C14H16O2. The number of ether oxygens (including phenoxy) is 1. The Labute approximate surface area is 95.6 Å². The van der Waals surface area contributed by atoms with E-state index in [1.807, 2.05) is 6.07 Å². The average molecular weight is 216 g/mol. The predicted octanol–water partition coefficient (Wildman–Crippen LogP) is 2.74. The smallest absolute Gasteiger partial charge is 0.309 e. The third kappa shape index (κ3) is 1.53. The van der Waals surface area contributed by atoms with Crippen LogP contribution < -0.4 is 0 Å². The highest BCUT2D eigenvalue weighted by Gasteiger charge is 2.44. The molecule has 1 aliphatic carbocycles. The molecule has 0 bridgehead atoms. The van der Waals surface area contributed by atoms with E-state index in [0.29, 0.717) is 18.4 Å². The maximum atomic E-state index is 11.8. The average Bonchev–Trinajstić information content (AvgIpc) is 2.73. The van der Waals surface area contributed by atoms with Gasteiger partial charge < -0.3 is 4.74 Å². The first-order valence-corrected chi connectivity index (χ1v) is 6.08. The van der Waals surface area contributed by atoms with E-state index in [-0.39, 0.29) is 11.9 Å². The molecule has 0 amide bonds. The van der Waals surface area contributed by atoms with Crippen molar-refractivity contribution < 1.29 is 9.53 Å². The lowest BCUT2D eigenvalue weighted by Crippen LogP contribution is -2.28. The van der Waals surface area contributed by atoms with E-state index in [2.05, 4.69) is 24.3 Å². The maximum absolute atomic E-state index is 11.8. The highest BCUT2D eigenvalue weighted by atomic mass is 16.5. The van der Waals surface area contributed by atoms with Crippen molar-refractivity contribution >= 4 is 5.97 Å². The van der Waals surface area contributed by atoms with Crippen molar-refractivity contribution in [1.29, 1.82) is 0 Å². The van der Waals surface area contributed by atoms with Gasteiger partial charge in [0.15, 0.2) is 0 Å². The van der Waals surface area contributed by atoms with E-state index in [1.54, 1.807) is 0 Å². The first-order chi connectivity index (χ1) is 7.86. The van der Waals surface area contributed by atoms with E-state index in [0.717, 1.165) is 12.8 Å². The number of carbonyl (C=O) groups is 1. The maximum Gasteiger partial charge on any atom is 0.309 e. The Kier molecular flexibility index (Phi) is 2.43. The van der Waals surface area contributed by atoms with E-state index < -0.39 is 0 Å². The molecule has 0 spiro atoms. The first kappa shape index (κ1) is 9.88. The molecule has 0 radical (unpaired) electrons. The molecule has 2 heteroatoms. The number of carbonyl (C=O) groups excluding carboxylic acids is 1. The highest BCUT2D eigenvalue weighted by molar-refractivity contribution is 5.76. The fourth-order valence-electron chi connectivity index (χ4n) is 3.19. The zero-order chi connectivity index (χ0) is 11.0. The van der Waals surface area contributed by atoms with Gasteiger partial charge in [-0.15, -0.1) is 0 Å². The van der Waals surface area contributed by atoms with Crippen molar-refractivity contribution in [1.82, 2.24) is 0 Å². The number of esters is 1. The van der Waals surface area contributed by atoms with Crippen LogP contribution in [0.2, 0.25) is 0 Å². The van der Waals surface area contributed by atoms with Crippen molar-refractivity contribution in [2.45, 2.75) is 25.2 Å². The number of cyclic esters (lactones) is 1. The Bertz CT molecular complexity index is 385. The van der Waals surface area contributed by atoms with Crippen molar-refractivity contribution in [3.63, 3.8) is 0 Å². The van der Waals surface area contributed by atoms with Crippen LogP contribution in [0, 0.1) is 11.8 Å². The van der Waals surface area contributed by atoms with Crippen LogP contribution in [-0.4, -0.2) is 12.6 Å². The Hall–Kier alpha value is -1.31. The van der Waals surface area contributed by atoms with E-state index in [1.165, 1.54) is 12.0 Å². The summed E-state index contributed by atoms with van der Waals surface area (Å²) in [6, 6.07) is 10.4. The van der Waals surface area contributed by atoms with Crippen molar-refractivity contribution in [3.05, 3.63) is 35.9 Å². The molecule has 2 nitrogen and oxygen atoms in total. The third-order valence-electron chi connectivity index (χ3n) is 3.97. The molecule has 84 valence electrons. The Morgan fingerprint density at radius 3 is 2.75 bits per heavy atom. The molecule has 3 rings (SSSR count). The van der Waals surface area contributed by atoms with Gasteiger partial charge in [0.25, 0.3) is 0 Å². The van der Waals surface area contributed by atoms with Crippen LogP contribution in [0.1, 0.15) is 30.7 Å². The van der Waals surface area contributed by atoms with Gasteiger partial charge in [0.05, 0.1) is 12.5 Å². The van der Waals surface area contributed by atoms with Gasteiger partial charge in [0, 0.05) is 5.92 Å². The van der Waals surface area contributed by atoms with Crippen LogP contribution in [0.25, 0.3) is 0 Å². The van der Waals surface area contributed by atoms with E-state index in [9.17, 15) is 4.79 Å². The molecule has 1 aromatic rings. The topological polar surface area (TPSA) is 26.3 Å². The standard InChI is InChI=1S/C14H16O2/c15-14-13-11(9-16-14)7-4-8-12(13)10-5-2-1-3-6-10/h1-3,5-6,11-13H,4,7-9H2/t11-,12+,13-/m1/s1. The van der Waals surface area contributed by atoms with Gasteiger partial charge in [0.1, 0.15) is 0 Å². The molecule has 3 atom stereocenters. The Morgan fingerprint density at radius 1 is 1.12 bits per heavy atom. The van der Waals surface area contributed by atoms with Crippen LogP contribution in [-0.2, 0) is 9.53 Å². The van der Waals surface area contributed by atoms with Crippen molar-refractivity contribution in [2.24, 2.45) is 11.8 Å². The summed E-state index contributed by atoms with van der Waals surface area (Å²) in [6.45, 7) is 0.646. The molecule has 1 aliphatic heterocycles. The Morgan fingerprint density at radius 2 is 1.94 bits per heavy atom. The van der Waals surface area contributed by atoms with Gasteiger partial charge in [-0.2, -0.15) is 0 Å². The molecule has 2 aliphatic rings. The minimum atomic E-state index is 0.0264. The second-order valence-corrected chi connectivity index (χ2v) is 4.86. The summed E-state index contributed by atoms with van der Waals surface area (Å²) in [5.74, 6) is 0.996. The quantitative estimate of drug-likeness (QED) is 0.675. The minimum Gasteiger partial charge on any atom is -0.465 e. The number of benzene rings is 1. The zero-order valence-corrected chi connectivity index (χ0v) is 9.26. The number of hydrogen-bond donors (Lipinski definition) is 0. The summed E-state index contributed by atoms with van der Waals surface area (Å²) in [5, 5.41) is 0. The molecular weight excluding hydrogens is 200 g/mol. The molecule has 1 aromatic carbocycles. The lowest BCUT2D eigenvalue weighted by molar-refractivity contribution is -0.142. The number of hydrogen-bond acceptors (Lipinski definition) is 2. The molecule has 0 aromatic heterocycles. The summed E-state index contributed by atoms with van der Waals surface area (Å²) in [4.78, 5) is 11.8. The van der Waals surface area contributed by atoms with Gasteiger partial charge in [-0.25, -0.2) is 0 Å². The lowest BCUT2D eigenvalue weighted by atomic mass is 9.71. The predicted molar refractivity (Wildman–Crippen MR) is 61.0 cm³/mol. The minimum absolute atomic E-state index is 0.0264. The van der Waals surface area contributed by atoms with Gasteiger partial charge in [-0.1, -0.05) is 36.8 Å². The summed E-state index contributed by atoms with van der Waals surface area (Å²) >= 11 is 0. The van der Waals surface area contributed by atoms with Crippen LogP contribution in [0.5, 0.6) is 0 Å². The van der Waals surface area contributed by atoms with Crippen LogP contribution in [0.15, 0.2) is 30.3 Å². The largest absolute Gasteiger partial charge is 0.465 e. The summed E-state index contributed by atoms with van der Waals surface area (Å²) in [7, 11) is 0. The highest BCUT2D eigenvalue weighted by Crippen LogP contribution is 2.44. The molecule has 1 saturated heterocycles. The van der Waals surface area contributed by atoms with Crippen molar-refractivity contribution in [3.8, 4) is 0 Å². The summed E-state index contributed by atoms with van der Waals surface area (Å²) in [5.41, 5.74) is 1.30. The first-order valence-electron chi connectivity index (χ1n) is 6.08. The van der Waals surface area contributed by atoms with Gasteiger partial charge >= 0.3 is 5.97 Å². The van der Waals surface area contributed by atoms with Crippen LogP contribution >= 0.6 is 0 Å². The monoisotopic (exact) mass is 216 g/mol. The van der Waals surface area contributed by atoms with Crippen LogP contribution in [0.3, 0.4) is 0 Å². The molecule has 0 unspecified atom stereocenters. The van der Waals surface area contributed by atoms with E-state index in [4.69, 9.17) is 4.74 Å². The molecule has 2 fully saturated rings. The normalized spacial score (nSPS) is 33.2. The fourth-order valence-corrected chi connectivity index (χ4v) is 3.19. The SMILES string of the molecule is O=C1OC[C@H]2CCC[C@@H](c3ccccc3)[C@H]12. The lowest BCUT2D eigenvalue weighted by Gasteiger charge is -2.30. The molecule has 16 heavy (non-hydrogen) atoms. The second kappa shape index (κ2) is 3.93. The fraction of sp³-hybridized carbons (Fsp3) is 0.500. The Balaban J connectivity index is 1.92. The number of fused-ring (bicyclic) bond motifs is 1. The van der Waals surface area contributed by atoms with Crippen molar-refractivity contribution in [2.75, 3.05) is 6.61 Å². The van der Waals surface area contributed by atoms with Gasteiger partial charge in [-0.3, -0.25) is 4.79 Å². The van der Waals surface area contributed by atoms with Crippen LogP contribution in [0.4, 0.5) is 0 Å². The summed E-state index contributed by atoms with van der Waals surface area (Å²) < 4.78 is 5.21. The van der Waals surface area contributed by atoms with Gasteiger partial charge in [-0.05, 0) is 24.3 Å². The number of rotatable bonds is 1. The third-order valence-corrected chi connectivity index (χ3v) is 3.97. The summed E-state index contributed by atoms with van der Waals surface area (Å²) in [6.07, 6.45) is 3.50. The zero-order valence-electron chi connectivity index (χ0n) is 9.26.